The standard InChI is InChI=1S/C22H12F6N2O4/c1-9-12(6-29)21(32)30(7-10-2-4-11(23)5-3-10)22(33)14(9)13(31)8-34-20-18(27)16(25)15(24)17(26)19(20)28/h2-5,33H,7-8H2,1H3. The van der Waals surface area contributed by atoms with Crippen LogP contribution in [0.25, 0.3) is 0 Å². The quantitative estimate of drug-likeness (QED) is 0.249. The van der Waals surface area contributed by atoms with E-state index >= 15 is 0 Å². The number of rotatable bonds is 6. The average molecular weight is 482 g/mol. The molecule has 12 heteroatoms. The van der Waals surface area contributed by atoms with Gasteiger partial charge in [0.15, 0.2) is 12.4 Å². The van der Waals surface area contributed by atoms with Gasteiger partial charge in [0.2, 0.25) is 40.7 Å². The van der Waals surface area contributed by atoms with Crippen LogP contribution in [0.15, 0.2) is 29.1 Å². The number of hydrogen-bond donors (Lipinski definition) is 1. The van der Waals surface area contributed by atoms with Crippen LogP contribution in [-0.4, -0.2) is 22.1 Å². The minimum atomic E-state index is -2.42. The van der Waals surface area contributed by atoms with Crippen molar-refractivity contribution < 1.29 is 41.0 Å². The van der Waals surface area contributed by atoms with Crippen molar-refractivity contribution in [3.63, 3.8) is 0 Å². The van der Waals surface area contributed by atoms with Gasteiger partial charge in [-0.15, -0.1) is 0 Å². The van der Waals surface area contributed by atoms with Gasteiger partial charge in [0.05, 0.1) is 12.1 Å². The lowest BCUT2D eigenvalue weighted by atomic mass is 10.0. The van der Waals surface area contributed by atoms with Gasteiger partial charge in [0.25, 0.3) is 5.56 Å². The first-order valence-corrected chi connectivity index (χ1v) is 9.27. The van der Waals surface area contributed by atoms with Crippen LogP contribution < -0.4 is 10.3 Å². The van der Waals surface area contributed by atoms with Gasteiger partial charge in [-0.2, -0.15) is 14.0 Å². The zero-order valence-corrected chi connectivity index (χ0v) is 17.1. The fraction of sp³-hybridized carbons (Fsp3) is 0.136. The summed E-state index contributed by atoms with van der Waals surface area (Å²) >= 11 is 0. The molecule has 1 aromatic heterocycles. The molecule has 0 unspecified atom stereocenters. The predicted molar refractivity (Wildman–Crippen MR) is 103 cm³/mol. The third-order valence-electron chi connectivity index (χ3n) is 4.85. The molecule has 0 aliphatic carbocycles. The lowest BCUT2D eigenvalue weighted by molar-refractivity contribution is 0.0908. The predicted octanol–water partition coefficient (Wildman–Crippen LogP) is 3.88. The van der Waals surface area contributed by atoms with Crippen molar-refractivity contribution in [1.82, 2.24) is 4.57 Å². The van der Waals surface area contributed by atoms with E-state index in [4.69, 9.17) is 0 Å². The summed E-state index contributed by atoms with van der Waals surface area (Å²) in [6.45, 7) is -0.571. The number of halogens is 6. The third-order valence-corrected chi connectivity index (χ3v) is 4.85. The fourth-order valence-electron chi connectivity index (χ4n) is 3.13. The molecule has 0 saturated carbocycles. The summed E-state index contributed by atoms with van der Waals surface area (Å²) in [6.07, 6.45) is 0. The van der Waals surface area contributed by atoms with Gasteiger partial charge in [-0.05, 0) is 30.2 Å². The van der Waals surface area contributed by atoms with Crippen LogP contribution in [0.2, 0.25) is 0 Å². The molecular weight excluding hydrogens is 470 g/mol. The number of aromatic hydroxyl groups is 1. The van der Waals surface area contributed by atoms with Crippen molar-refractivity contribution in [2.45, 2.75) is 13.5 Å². The van der Waals surface area contributed by atoms with Crippen LogP contribution in [-0.2, 0) is 6.54 Å². The van der Waals surface area contributed by atoms with Crippen LogP contribution in [0, 0.1) is 53.2 Å². The Hall–Kier alpha value is -4.27. The Bertz CT molecular complexity index is 1380. The molecule has 0 radical (unpaired) electrons. The molecule has 0 fully saturated rings. The van der Waals surface area contributed by atoms with E-state index in [0.717, 1.165) is 19.1 Å². The Morgan fingerprint density at radius 2 is 1.53 bits per heavy atom. The fourth-order valence-corrected chi connectivity index (χ4v) is 3.13. The Kier molecular flexibility index (Phi) is 6.67. The molecule has 176 valence electrons. The monoisotopic (exact) mass is 482 g/mol. The number of pyridine rings is 1. The van der Waals surface area contributed by atoms with Crippen molar-refractivity contribution in [3.05, 3.63) is 91.8 Å². The van der Waals surface area contributed by atoms with Gasteiger partial charge in [-0.3, -0.25) is 14.2 Å². The summed E-state index contributed by atoms with van der Waals surface area (Å²) in [4.78, 5) is 25.3. The van der Waals surface area contributed by atoms with E-state index in [1.165, 1.54) is 12.1 Å². The van der Waals surface area contributed by atoms with Crippen molar-refractivity contribution in [3.8, 4) is 17.7 Å². The Morgan fingerprint density at radius 1 is 1.00 bits per heavy atom. The molecule has 0 aliphatic rings. The number of carbonyl (C=O) groups is 1. The average Bonchev–Trinajstić information content (AvgIpc) is 2.80. The maximum atomic E-state index is 13.8. The van der Waals surface area contributed by atoms with Crippen LogP contribution in [0.4, 0.5) is 26.3 Å². The molecule has 6 nitrogen and oxygen atoms in total. The van der Waals surface area contributed by atoms with Gasteiger partial charge in [0, 0.05) is 0 Å². The van der Waals surface area contributed by atoms with Crippen molar-refractivity contribution in [2.75, 3.05) is 6.61 Å². The number of nitrogens with zero attached hydrogens (tertiary/aromatic N) is 2. The van der Waals surface area contributed by atoms with Gasteiger partial charge in [0.1, 0.15) is 17.4 Å². The minimum Gasteiger partial charge on any atom is -0.494 e. The number of ether oxygens (including phenoxy) is 1. The third kappa shape index (κ3) is 4.19. The first kappa shape index (κ1) is 24.4. The molecule has 3 aromatic rings. The molecular formula is C22H12F6N2O4. The zero-order chi connectivity index (χ0) is 25.3. The lowest BCUT2D eigenvalue weighted by Gasteiger charge is -2.16. The second-order valence-electron chi connectivity index (χ2n) is 6.94. The van der Waals surface area contributed by atoms with Crippen LogP contribution in [0.5, 0.6) is 11.6 Å². The molecule has 0 spiro atoms. The number of benzene rings is 2. The Morgan fingerprint density at radius 3 is 2.06 bits per heavy atom. The summed E-state index contributed by atoms with van der Waals surface area (Å²) in [6, 6.07) is 6.27. The van der Waals surface area contributed by atoms with E-state index in [1.54, 1.807) is 6.07 Å². The van der Waals surface area contributed by atoms with E-state index in [0.29, 0.717) is 10.1 Å². The molecule has 0 amide bonds. The first-order valence-electron chi connectivity index (χ1n) is 9.27. The second kappa shape index (κ2) is 9.30. The normalized spacial score (nSPS) is 10.8. The van der Waals surface area contributed by atoms with E-state index in [1.807, 2.05) is 0 Å². The summed E-state index contributed by atoms with van der Waals surface area (Å²) in [5.74, 6) is -16.1. The van der Waals surface area contributed by atoms with Crippen molar-refractivity contribution >= 4 is 5.78 Å². The summed E-state index contributed by atoms with van der Waals surface area (Å²) in [7, 11) is 0. The SMILES string of the molecule is Cc1c(C(=O)COc2c(F)c(F)c(F)c(F)c2F)c(O)n(Cc2ccc(F)cc2)c(=O)c1C#N. The minimum absolute atomic E-state index is 0.300. The molecule has 0 atom stereocenters. The van der Waals surface area contributed by atoms with E-state index in [9.17, 15) is 46.3 Å². The van der Waals surface area contributed by atoms with Crippen LogP contribution in [0.1, 0.15) is 27.0 Å². The van der Waals surface area contributed by atoms with Crippen LogP contribution >= 0.6 is 0 Å². The number of aromatic nitrogens is 1. The van der Waals surface area contributed by atoms with Gasteiger partial charge in [-0.1, -0.05) is 12.1 Å². The van der Waals surface area contributed by atoms with E-state index in [-0.39, 0.29) is 5.56 Å². The highest BCUT2D eigenvalue weighted by Crippen LogP contribution is 2.30. The lowest BCUT2D eigenvalue weighted by Crippen LogP contribution is -2.28. The maximum Gasteiger partial charge on any atom is 0.271 e. The topological polar surface area (TPSA) is 92.3 Å². The first-order chi connectivity index (χ1) is 16.0. The highest BCUT2D eigenvalue weighted by molar-refractivity contribution is 6.01. The molecule has 0 saturated heterocycles. The van der Waals surface area contributed by atoms with Gasteiger partial charge < -0.3 is 9.84 Å². The Labute approximate surface area is 186 Å². The molecule has 1 N–H and O–H groups in total. The van der Waals surface area contributed by atoms with Crippen LogP contribution in [0.3, 0.4) is 0 Å². The highest BCUT2D eigenvalue weighted by atomic mass is 19.2. The van der Waals surface area contributed by atoms with E-state index < -0.39 is 82.2 Å². The zero-order valence-electron chi connectivity index (χ0n) is 17.1. The number of hydrogen-bond acceptors (Lipinski definition) is 5. The summed E-state index contributed by atoms with van der Waals surface area (Å²) in [5, 5.41) is 19.9. The molecule has 0 aliphatic heterocycles. The summed E-state index contributed by atoms with van der Waals surface area (Å²) < 4.78 is 85.7. The van der Waals surface area contributed by atoms with E-state index in [2.05, 4.69) is 4.74 Å². The number of nitriles is 1. The maximum absolute atomic E-state index is 13.8. The molecule has 2 aromatic carbocycles. The number of carbonyl (C=O) groups excluding carboxylic acids is 1. The Balaban J connectivity index is 2.03. The second-order valence-corrected chi connectivity index (χ2v) is 6.94. The molecule has 34 heavy (non-hydrogen) atoms. The van der Waals surface area contributed by atoms with Gasteiger partial charge >= 0.3 is 0 Å². The highest BCUT2D eigenvalue weighted by Gasteiger charge is 2.29. The molecule has 0 bridgehead atoms. The largest absolute Gasteiger partial charge is 0.494 e. The molecule has 3 rings (SSSR count). The number of Topliss-reactive ketones (excluding diaryl/α,β-unsaturated/α-hetero) is 1. The molecule has 1 heterocycles. The van der Waals surface area contributed by atoms with Crippen molar-refractivity contribution in [1.29, 1.82) is 5.26 Å². The van der Waals surface area contributed by atoms with Gasteiger partial charge in [-0.25, -0.2) is 17.6 Å². The van der Waals surface area contributed by atoms with Crippen molar-refractivity contribution in [2.24, 2.45) is 0 Å². The summed E-state index contributed by atoms with van der Waals surface area (Å²) in [5.41, 5.74) is -2.19. The number of ketones is 1. The smallest absolute Gasteiger partial charge is 0.271 e.